The summed E-state index contributed by atoms with van der Waals surface area (Å²) in [7, 11) is 0. The number of carbonyl (C=O) groups excluding carboxylic acids is 1. The second kappa shape index (κ2) is 9.13. The largest absolute Gasteiger partial charge is 0.455 e. The Morgan fingerprint density at radius 3 is 2.38 bits per heavy atom. The van der Waals surface area contributed by atoms with E-state index in [1.54, 1.807) is 0 Å². The Hall–Kier alpha value is -2.69. The maximum Gasteiger partial charge on any atom is 0.303 e. The van der Waals surface area contributed by atoms with Gasteiger partial charge in [0, 0.05) is 6.92 Å². The molecule has 0 amide bonds. The minimum Gasteiger partial charge on any atom is -0.455 e. The van der Waals surface area contributed by atoms with Crippen molar-refractivity contribution in [1.82, 2.24) is 0 Å². The zero-order valence-electron chi connectivity index (χ0n) is 14.8. The van der Waals surface area contributed by atoms with Gasteiger partial charge in [-0.3, -0.25) is 4.79 Å². The van der Waals surface area contributed by atoms with E-state index in [0.29, 0.717) is 6.61 Å². The van der Waals surface area contributed by atoms with E-state index in [9.17, 15) is 4.79 Å². The third kappa shape index (κ3) is 5.15. The monoisotopic (exact) mass is 350 g/mol. The molecule has 3 aromatic carbocycles. The van der Waals surface area contributed by atoms with Crippen LogP contribution in [0, 0.1) is 0 Å². The van der Waals surface area contributed by atoms with E-state index in [2.05, 4.69) is 24.3 Å². The lowest BCUT2D eigenvalue weighted by Gasteiger charge is -2.17. The van der Waals surface area contributed by atoms with Crippen LogP contribution in [0.3, 0.4) is 0 Å². The van der Waals surface area contributed by atoms with Crippen LogP contribution < -0.4 is 0 Å². The number of fused-ring (bicyclic) bond motifs is 1. The van der Waals surface area contributed by atoms with Crippen molar-refractivity contribution in [2.75, 3.05) is 13.4 Å². The Bertz CT molecular complexity index is 845. The molecule has 1 atom stereocenters. The first-order chi connectivity index (χ1) is 12.7. The first kappa shape index (κ1) is 18.1. The third-order valence-electron chi connectivity index (χ3n) is 4.00. The van der Waals surface area contributed by atoms with Crippen molar-refractivity contribution in [2.24, 2.45) is 0 Å². The van der Waals surface area contributed by atoms with Crippen LogP contribution in [-0.2, 0) is 25.6 Å². The van der Waals surface area contributed by atoms with E-state index in [1.165, 1.54) is 17.7 Å². The molecule has 0 spiro atoms. The number of ether oxygens (including phenoxy) is 3. The quantitative estimate of drug-likeness (QED) is 0.337. The van der Waals surface area contributed by atoms with Gasteiger partial charge in [-0.25, -0.2) is 0 Å². The van der Waals surface area contributed by atoms with Gasteiger partial charge < -0.3 is 14.2 Å². The summed E-state index contributed by atoms with van der Waals surface area (Å²) in [5.41, 5.74) is 1.99. The second-order valence-electron chi connectivity index (χ2n) is 6.03. The van der Waals surface area contributed by atoms with Gasteiger partial charge in [-0.2, -0.15) is 0 Å². The molecule has 0 aliphatic carbocycles. The number of benzene rings is 3. The number of hydrogen-bond donors (Lipinski definition) is 0. The van der Waals surface area contributed by atoms with Gasteiger partial charge in [-0.15, -0.1) is 0 Å². The fourth-order valence-electron chi connectivity index (χ4n) is 2.77. The average Bonchev–Trinajstić information content (AvgIpc) is 2.67. The van der Waals surface area contributed by atoms with Crippen LogP contribution >= 0.6 is 0 Å². The third-order valence-corrected chi connectivity index (χ3v) is 4.00. The molecule has 0 saturated heterocycles. The van der Waals surface area contributed by atoms with Gasteiger partial charge >= 0.3 is 5.97 Å². The predicted octanol–water partition coefficient (Wildman–Crippen LogP) is 4.63. The fourth-order valence-corrected chi connectivity index (χ4v) is 2.77. The maximum atomic E-state index is 11.3. The Morgan fingerprint density at radius 2 is 1.62 bits per heavy atom. The topological polar surface area (TPSA) is 44.8 Å². The van der Waals surface area contributed by atoms with Crippen LogP contribution in [0.4, 0.5) is 0 Å². The summed E-state index contributed by atoms with van der Waals surface area (Å²) in [6, 6.07) is 24.0. The molecular formula is C22H22O4. The van der Waals surface area contributed by atoms with Crippen molar-refractivity contribution in [3.63, 3.8) is 0 Å². The van der Waals surface area contributed by atoms with E-state index in [-0.39, 0.29) is 19.4 Å². The predicted molar refractivity (Wildman–Crippen MR) is 101 cm³/mol. The number of carbonyl (C=O) groups is 1. The highest BCUT2D eigenvalue weighted by atomic mass is 16.7. The van der Waals surface area contributed by atoms with E-state index in [4.69, 9.17) is 14.2 Å². The minimum absolute atomic E-state index is 0.136. The lowest BCUT2D eigenvalue weighted by atomic mass is 10.1. The summed E-state index contributed by atoms with van der Waals surface area (Å²) in [5.74, 6) is -0.334. The first-order valence-electron chi connectivity index (χ1n) is 8.58. The van der Waals surface area contributed by atoms with Gasteiger partial charge in [0.25, 0.3) is 0 Å². The molecule has 26 heavy (non-hydrogen) atoms. The fraction of sp³-hybridized carbons (Fsp3) is 0.227. The number of hydrogen-bond acceptors (Lipinski definition) is 4. The van der Waals surface area contributed by atoms with Crippen molar-refractivity contribution >= 4 is 16.7 Å². The molecule has 0 heterocycles. The second-order valence-corrected chi connectivity index (χ2v) is 6.03. The standard InChI is InChI=1S/C22H22O4/c1-17(23)26-22(20-8-3-2-4-9-20)15-25-16-24-14-18-11-12-19-7-5-6-10-21(19)13-18/h2-13,22H,14-16H2,1H3. The van der Waals surface area contributed by atoms with Crippen LogP contribution in [-0.4, -0.2) is 19.4 Å². The molecule has 0 aliphatic rings. The molecule has 0 bridgehead atoms. The minimum atomic E-state index is -0.432. The Balaban J connectivity index is 1.48. The van der Waals surface area contributed by atoms with Crippen LogP contribution in [0.1, 0.15) is 24.2 Å². The Morgan fingerprint density at radius 1 is 0.885 bits per heavy atom. The smallest absolute Gasteiger partial charge is 0.303 e. The maximum absolute atomic E-state index is 11.3. The summed E-state index contributed by atoms with van der Waals surface area (Å²) >= 11 is 0. The Labute approximate surface area is 153 Å². The normalized spacial score (nSPS) is 12.0. The molecule has 0 radical (unpaired) electrons. The average molecular weight is 350 g/mol. The molecule has 134 valence electrons. The van der Waals surface area contributed by atoms with Crippen LogP contribution in [0.25, 0.3) is 10.8 Å². The highest BCUT2D eigenvalue weighted by Crippen LogP contribution is 2.18. The number of rotatable bonds is 8. The van der Waals surface area contributed by atoms with E-state index in [0.717, 1.165) is 11.1 Å². The van der Waals surface area contributed by atoms with Crippen molar-refractivity contribution in [3.05, 3.63) is 83.9 Å². The summed E-state index contributed by atoms with van der Waals surface area (Å²) in [5, 5.41) is 2.40. The first-order valence-corrected chi connectivity index (χ1v) is 8.58. The molecule has 0 fully saturated rings. The van der Waals surface area contributed by atoms with Gasteiger partial charge in [0.2, 0.25) is 0 Å². The van der Waals surface area contributed by atoms with Crippen molar-refractivity contribution in [2.45, 2.75) is 19.6 Å². The summed E-state index contributed by atoms with van der Waals surface area (Å²) in [4.78, 5) is 11.3. The van der Waals surface area contributed by atoms with Gasteiger partial charge in [0.05, 0.1) is 13.2 Å². The van der Waals surface area contributed by atoms with Crippen molar-refractivity contribution in [1.29, 1.82) is 0 Å². The highest BCUT2D eigenvalue weighted by molar-refractivity contribution is 5.82. The molecule has 3 aromatic rings. The zero-order chi connectivity index (χ0) is 18.2. The molecule has 0 saturated carbocycles. The zero-order valence-corrected chi connectivity index (χ0v) is 14.8. The van der Waals surface area contributed by atoms with Crippen LogP contribution in [0.5, 0.6) is 0 Å². The molecule has 0 aliphatic heterocycles. The molecule has 4 heteroatoms. The van der Waals surface area contributed by atoms with Gasteiger partial charge in [0.15, 0.2) is 6.10 Å². The molecule has 3 rings (SSSR count). The van der Waals surface area contributed by atoms with E-state index in [1.807, 2.05) is 48.5 Å². The summed E-state index contributed by atoms with van der Waals surface area (Å²) < 4.78 is 16.5. The lowest BCUT2D eigenvalue weighted by molar-refractivity contribution is -0.154. The SMILES string of the molecule is CC(=O)OC(COCOCc1ccc2ccccc2c1)c1ccccc1. The lowest BCUT2D eigenvalue weighted by Crippen LogP contribution is -2.16. The summed E-state index contributed by atoms with van der Waals surface area (Å²) in [6.07, 6.45) is -0.432. The van der Waals surface area contributed by atoms with Crippen LogP contribution in [0.15, 0.2) is 72.8 Å². The molecule has 0 aromatic heterocycles. The van der Waals surface area contributed by atoms with Gasteiger partial charge in [-0.1, -0.05) is 66.7 Å². The highest BCUT2D eigenvalue weighted by Gasteiger charge is 2.14. The summed E-state index contributed by atoms with van der Waals surface area (Å²) in [6.45, 7) is 2.25. The molecular weight excluding hydrogens is 328 g/mol. The van der Waals surface area contributed by atoms with Crippen molar-refractivity contribution < 1.29 is 19.0 Å². The number of esters is 1. The molecule has 4 nitrogen and oxygen atoms in total. The van der Waals surface area contributed by atoms with E-state index >= 15 is 0 Å². The van der Waals surface area contributed by atoms with Gasteiger partial charge in [-0.05, 0) is 28.0 Å². The van der Waals surface area contributed by atoms with Crippen molar-refractivity contribution in [3.8, 4) is 0 Å². The Kier molecular flexibility index (Phi) is 6.36. The van der Waals surface area contributed by atoms with E-state index < -0.39 is 6.10 Å². The van der Waals surface area contributed by atoms with Crippen LogP contribution in [0.2, 0.25) is 0 Å². The molecule has 1 unspecified atom stereocenters. The molecule has 0 N–H and O–H groups in total. The van der Waals surface area contributed by atoms with Gasteiger partial charge in [0.1, 0.15) is 6.79 Å².